The number of rotatable bonds is 2. The van der Waals surface area contributed by atoms with E-state index >= 15 is 0 Å². The number of phenols is 1. The number of halogens is 1. The van der Waals surface area contributed by atoms with E-state index in [1.807, 2.05) is 16.8 Å². The largest absolute Gasteiger partial charge is 0.507 e. The van der Waals surface area contributed by atoms with Gasteiger partial charge in [-0.25, -0.2) is 0 Å². The molecule has 90 valence electrons. The molecule has 0 aliphatic rings. The zero-order valence-electron chi connectivity index (χ0n) is 9.00. The molecule has 4 nitrogen and oxygen atoms in total. The van der Waals surface area contributed by atoms with Crippen molar-refractivity contribution in [2.24, 2.45) is 0 Å². The summed E-state index contributed by atoms with van der Waals surface area (Å²) in [5.41, 5.74) is 1.31. The van der Waals surface area contributed by atoms with Gasteiger partial charge < -0.3 is 9.63 Å². The third kappa shape index (κ3) is 1.98. The molecule has 0 fully saturated rings. The van der Waals surface area contributed by atoms with Crippen molar-refractivity contribution in [2.75, 3.05) is 0 Å². The van der Waals surface area contributed by atoms with Crippen LogP contribution in [-0.4, -0.2) is 15.2 Å². The highest BCUT2D eigenvalue weighted by molar-refractivity contribution is 7.08. The number of phenolic OH excluding ortho intramolecular Hbond substituents is 1. The molecule has 0 saturated heterocycles. The third-order valence-corrected chi connectivity index (χ3v) is 3.31. The normalized spacial score (nSPS) is 10.7. The van der Waals surface area contributed by atoms with E-state index in [-0.39, 0.29) is 11.6 Å². The number of aromatic hydroxyl groups is 1. The van der Waals surface area contributed by atoms with Crippen LogP contribution in [0.2, 0.25) is 5.02 Å². The lowest BCUT2D eigenvalue weighted by atomic mass is 10.2. The first-order valence-corrected chi connectivity index (χ1v) is 6.41. The van der Waals surface area contributed by atoms with E-state index < -0.39 is 0 Å². The number of benzene rings is 1. The van der Waals surface area contributed by atoms with E-state index in [9.17, 15) is 5.11 Å². The Hall–Kier alpha value is -1.85. The van der Waals surface area contributed by atoms with Gasteiger partial charge in [0.15, 0.2) is 0 Å². The molecule has 0 spiro atoms. The number of aromatic nitrogens is 2. The molecule has 1 N–H and O–H groups in total. The van der Waals surface area contributed by atoms with E-state index in [0.717, 1.165) is 5.56 Å². The van der Waals surface area contributed by atoms with Crippen LogP contribution in [0.1, 0.15) is 0 Å². The van der Waals surface area contributed by atoms with Crippen molar-refractivity contribution in [3.63, 3.8) is 0 Å². The van der Waals surface area contributed by atoms with Crippen molar-refractivity contribution in [1.29, 1.82) is 0 Å². The van der Waals surface area contributed by atoms with Crippen molar-refractivity contribution in [2.45, 2.75) is 0 Å². The molecule has 18 heavy (non-hydrogen) atoms. The lowest BCUT2D eigenvalue weighted by molar-refractivity contribution is 0.426. The Morgan fingerprint density at radius 3 is 2.94 bits per heavy atom. The average molecular weight is 279 g/mol. The summed E-state index contributed by atoms with van der Waals surface area (Å²) in [5, 5.41) is 18.0. The van der Waals surface area contributed by atoms with Gasteiger partial charge in [-0.05, 0) is 29.6 Å². The molecule has 0 unspecified atom stereocenters. The number of hydrogen-bond acceptors (Lipinski definition) is 5. The van der Waals surface area contributed by atoms with Gasteiger partial charge in [0, 0.05) is 16.0 Å². The standard InChI is InChI=1S/C12H7ClN2O2S/c13-8-1-2-10(16)9(5-8)12-14-11(15-17-12)7-3-4-18-6-7/h1-6,16H. The Bertz CT molecular complexity index is 679. The zero-order chi connectivity index (χ0) is 12.5. The van der Waals surface area contributed by atoms with E-state index in [4.69, 9.17) is 16.1 Å². The molecule has 0 amide bonds. The summed E-state index contributed by atoms with van der Waals surface area (Å²) in [7, 11) is 0. The Balaban J connectivity index is 2.05. The van der Waals surface area contributed by atoms with Crippen LogP contribution in [0.15, 0.2) is 39.5 Å². The van der Waals surface area contributed by atoms with Gasteiger partial charge in [0.2, 0.25) is 5.82 Å². The molecule has 1 aromatic carbocycles. The molecule has 2 aromatic heterocycles. The second-order valence-corrected chi connectivity index (χ2v) is 4.81. The van der Waals surface area contributed by atoms with Gasteiger partial charge in [0.25, 0.3) is 5.89 Å². The first kappa shape index (κ1) is 11.3. The highest BCUT2D eigenvalue weighted by Crippen LogP contribution is 2.31. The maximum Gasteiger partial charge on any atom is 0.262 e. The summed E-state index contributed by atoms with van der Waals surface area (Å²) in [4.78, 5) is 4.24. The molecule has 2 heterocycles. The maximum absolute atomic E-state index is 9.74. The van der Waals surface area contributed by atoms with Crippen LogP contribution in [0.3, 0.4) is 0 Å². The molecular formula is C12H7ClN2O2S. The van der Waals surface area contributed by atoms with Crippen LogP contribution < -0.4 is 0 Å². The fourth-order valence-electron chi connectivity index (χ4n) is 1.52. The monoisotopic (exact) mass is 278 g/mol. The first-order valence-electron chi connectivity index (χ1n) is 5.09. The van der Waals surface area contributed by atoms with Gasteiger partial charge in [-0.3, -0.25) is 0 Å². The van der Waals surface area contributed by atoms with Crippen molar-refractivity contribution < 1.29 is 9.63 Å². The van der Waals surface area contributed by atoms with Gasteiger partial charge in [-0.2, -0.15) is 16.3 Å². The summed E-state index contributed by atoms with van der Waals surface area (Å²) in [6.07, 6.45) is 0. The number of nitrogens with zero attached hydrogens (tertiary/aromatic N) is 2. The molecule has 3 rings (SSSR count). The highest BCUT2D eigenvalue weighted by atomic mass is 35.5. The topological polar surface area (TPSA) is 59.2 Å². The van der Waals surface area contributed by atoms with Gasteiger partial charge >= 0.3 is 0 Å². The van der Waals surface area contributed by atoms with E-state index in [1.54, 1.807) is 23.5 Å². The van der Waals surface area contributed by atoms with Crippen LogP contribution in [0.5, 0.6) is 5.75 Å². The first-order chi connectivity index (χ1) is 8.74. The molecule has 0 aliphatic heterocycles. The second kappa shape index (κ2) is 4.44. The van der Waals surface area contributed by atoms with Crippen LogP contribution >= 0.6 is 22.9 Å². The minimum atomic E-state index is 0.0555. The molecule has 6 heteroatoms. The molecule has 0 atom stereocenters. The number of hydrogen-bond donors (Lipinski definition) is 1. The van der Waals surface area contributed by atoms with Gasteiger partial charge in [-0.1, -0.05) is 16.8 Å². The maximum atomic E-state index is 9.74. The van der Waals surface area contributed by atoms with Crippen LogP contribution in [0.4, 0.5) is 0 Å². The van der Waals surface area contributed by atoms with Crippen LogP contribution in [0, 0.1) is 0 Å². The second-order valence-electron chi connectivity index (χ2n) is 3.60. The zero-order valence-corrected chi connectivity index (χ0v) is 10.6. The molecular weight excluding hydrogens is 272 g/mol. The van der Waals surface area contributed by atoms with Crippen molar-refractivity contribution >= 4 is 22.9 Å². The highest BCUT2D eigenvalue weighted by Gasteiger charge is 2.14. The average Bonchev–Trinajstić information content (AvgIpc) is 3.00. The van der Waals surface area contributed by atoms with E-state index in [1.165, 1.54) is 6.07 Å². The predicted molar refractivity (Wildman–Crippen MR) is 69.7 cm³/mol. The molecule has 0 radical (unpaired) electrons. The lowest BCUT2D eigenvalue weighted by Gasteiger charge is -1.98. The lowest BCUT2D eigenvalue weighted by Crippen LogP contribution is -1.80. The predicted octanol–water partition coefficient (Wildman–Crippen LogP) is 3.82. The summed E-state index contributed by atoms with van der Waals surface area (Å²) < 4.78 is 5.14. The van der Waals surface area contributed by atoms with Crippen LogP contribution in [-0.2, 0) is 0 Å². The van der Waals surface area contributed by atoms with E-state index in [2.05, 4.69) is 10.1 Å². The SMILES string of the molecule is Oc1ccc(Cl)cc1-c1nc(-c2ccsc2)no1. The van der Waals surface area contributed by atoms with Crippen molar-refractivity contribution in [1.82, 2.24) is 10.1 Å². The Labute approximate surface area is 111 Å². The Morgan fingerprint density at radius 1 is 1.28 bits per heavy atom. The van der Waals surface area contributed by atoms with Crippen molar-refractivity contribution in [3.8, 4) is 28.6 Å². The van der Waals surface area contributed by atoms with Crippen LogP contribution in [0.25, 0.3) is 22.8 Å². The Kier molecular flexibility index (Phi) is 2.77. The van der Waals surface area contributed by atoms with Gasteiger partial charge in [0.05, 0.1) is 5.56 Å². The quantitative estimate of drug-likeness (QED) is 0.774. The summed E-state index contributed by atoms with van der Waals surface area (Å²) in [6, 6.07) is 6.57. The molecule has 3 aromatic rings. The van der Waals surface area contributed by atoms with Crippen molar-refractivity contribution in [3.05, 3.63) is 40.0 Å². The fourth-order valence-corrected chi connectivity index (χ4v) is 2.33. The fraction of sp³-hybridized carbons (Fsp3) is 0. The van der Waals surface area contributed by atoms with Gasteiger partial charge in [-0.15, -0.1) is 0 Å². The Morgan fingerprint density at radius 2 is 2.17 bits per heavy atom. The van der Waals surface area contributed by atoms with E-state index in [0.29, 0.717) is 16.4 Å². The molecule has 0 aliphatic carbocycles. The number of thiophene rings is 1. The summed E-state index contributed by atoms with van der Waals surface area (Å²) in [6.45, 7) is 0. The summed E-state index contributed by atoms with van der Waals surface area (Å²) >= 11 is 7.43. The minimum Gasteiger partial charge on any atom is -0.507 e. The van der Waals surface area contributed by atoms with Gasteiger partial charge in [0.1, 0.15) is 5.75 Å². The third-order valence-electron chi connectivity index (χ3n) is 2.39. The molecule has 0 saturated carbocycles. The molecule has 0 bridgehead atoms. The minimum absolute atomic E-state index is 0.0555. The summed E-state index contributed by atoms with van der Waals surface area (Å²) in [5.74, 6) is 0.793. The smallest absolute Gasteiger partial charge is 0.262 e.